The van der Waals surface area contributed by atoms with Crippen molar-refractivity contribution >= 4 is 17.2 Å². The highest BCUT2D eigenvalue weighted by atomic mass is 32.1. The topological polar surface area (TPSA) is 71.8 Å². The third-order valence-electron chi connectivity index (χ3n) is 0.924. The van der Waals surface area contributed by atoms with Gasteiger partial charge in [-0.2, -0.15) is 0 Å². The lowest BCUT2D eigenvalue weighted by Gasteiger charge is -1.91. The van der Waals surface area contributed by atoms with E-state index in [9.17, 15) is 4.79 Å². The number of nitrogens with zero attached hydrogens (tertiary/aromatic N) is 1. The highest BCUT2D eigenvalue weighted by Gasteiger charge is 1.94. The second kappa shape index (κ2) is 2.57. The molecule has 3 N–H and O–H groups in total. The van der Waals surface area contributed by atoms with Crippen LogP contribution in [-0.2, 0) is 0 Å². The molecule has 0 saturated carbocycles. The molecule has 0 aromatic carbocycles. The van der Waals surface area contributed by atoms with Crippen LogP contribution in [0.5, 0.6) is 0 Å². The predicted octanol–water partition coefficient (Wildman–Crippen LogP) is -0.596. The van der Waals surface area contributed by atoms with Crippen LogP contribution in [0.3, 0.4) is 0 Å². The summed E-state index contributed by atoms with van der Waals surface area (Å²) in [6.07, 6.45) is 2.51. The Kier molecular flexibility index (Phi) is 1.77. The van der Waals surface area contributed by atoms with Crippen molar-refractivity contribution in [1.29, 1.82) is 0 Å². The molecule has 4 nitrogen and oxygen atoms in total. The Hall–Kier alpha value is -1.23. The minimum atomic E-state index is -0.264. The summed E-state index contributed by atoms with van der Waals surface area (Å²) in [5.41, 5.74) is 5.37. The van der Waals surface area contributed by atoms with Gasteiger partial charge >= 0.3 is 0 Å². The number of hydrogen-bond acceptors (Lipinski definition) is 3. The molecule has 0 aliphatic heterocycles. The Bertz CT molecular complexity index is 286. The van der Waals surface area contributed by atoms with E-state index in [4.69, 9.17) is 5.73 Å². The van der Waals surface area contributed by atoms with Gasteiger partial charge in [0.15, 0.2) is 0 Å². The number of aromatic amines is 1. The van der Waals surface area contributed by atoms with Gasteiger partial charge in [-0.25, -0.2) is 4.98 Å². The quantitative estimate of drug-likeness (QED) is 0.531. The minimum Gasteiger partial charge on any atom is -0.388 e. The molecule has 0 aliphatic rings. The van der Waals surface area contributed by atoms with Crippen LogP contribution < -0.4 is 11.3 Å². The van der Waals surface area contributed by atoms with Gasteiger partial charge in [-0.05, 0) is 0 Å². The first kappa shape index (κ1) is 6.88. The molecule has 0 fully saturated rings. The molecule has 0 unspecified atom stereocenters. The van der Waals surface area contributed by atoms with Crippen molar-refractivity contribution < 1.29 is 0 Å². The van der Waals surface area contributed by atoms with Crippen molar-refractivity contribution in [3.63, 3.8) is 0 Å². The molecule has 10 heavy (non-hydrogen) atoms. The maximum Gasteiger partial charge on any atom is 0.266 e. The molecular formula is C5H5N3OS. The Morgan fingerprint density at radius 3 is 2.90 bits per heavy atom. The van der Waals surface area contributed by atoms with Gasteiger partial charge in [0, 0.05) is 6.20 Å². The first-order valence-electron chi connectivity index (χ1n) is 2.54. The summed E-state index contributed by atoms with van der Waals surface area (Å²) in [4.78, 5) is 16.7. The Morgan fingerprint density at radius 2 is 2.50 bits per heavy atom. The first-order valence-corrected chi connectivity index (χ1v) is 2.95. The van der Waals surface area contributed by atoms with Gasteiger partial charge in [0.05, 0.1) is 6.20 Å². The first-order chi connectivity index (χ1) is 4.70. The second-order valence-electron chi connectivity index (χ2n) is 1.66. The SMILES string of the molecule is NC(=S)c1c[nH]c(=O)cn1. The molecule has 0 radical (unpaired) electrons. The average Bonchev–Trinajstić information content (AvgIpc) is 1.88. The van der Waals surface area contributed by atoms with Crippen LogP contribution in [0.25, 0.3) is 0 Å². The monoisotopic (exact) mass is 155 g/mol. The zero-order chi connectivity index (χ0) is 7.56. The molecule has 0 saturated heterocycles. The number of hydrogen-bond donors (Lipinski definition) is 2. The van der Waals surface area contributed by atoms with Gasteiger partial charge in [-0.1, -0.05) is 12.2 Å². The molecule has 52 valence electrons. The summed E-state index contributed by atoms with van der Waals surface area (Å²) in [5.74, 6) is 0. The van der Waals surface area contributed by atoms with Gasteiger partial charge in [0.1, 0.15) is 10.7 Å². The van der Waals surface area contributed by atoms with Crippen LogP contribution in [-0.4, -0.2) is 15.0 Å². The fourth-order valence-corrected chi connectivity index (χ4v) is 0.589. The lowest BCUT2D eigenvalue weighted by atomic mass is 10.5. The normalized spacial score (nSPS) is 9.20. The largest absolute Gasteiger partial charge is 0.388 e. The third kappa shape index (κ3) is 1.38. The second-order valence-corrected chi connectivity index (χ2v) is 2.10. The van der Waals surface area contributed by atoms with E-state index in [1.54, 1.807) is 0 Å². The van der Waals surface area contributed by atoms with E-state index in [1.807, 2.05) is 0 Å². The summed E-state index contributed by atoms with van der Waals surface area (Å²) >= 11 is 4.60. The number of H-pyrrole nitrogens is 1. The zero-order valence-corrected chi connectivity index (χ0v) is 5.81. The Morgan fingerprint density at radius 1 is 1.80 bits per heavy atom. The van der Waals surface area contributed by atoms with Crippen LogP contribution in [0.1, 0.15) is 5.69 Å². The number of rotatable bonds is 1. The van der Waals surface area contributed by atoms with Gasteiger partial charge in [0.2, 0.25) is 0 Å². The summed E-state index contributed by atoms with van der Waals surface area (Å²) in [6.45, 7) is 0. The summed E-state index contributed by atoms with van der Waals surface area (Å²) in [5, 5.41) is 0. The third-order valence-corrected chi connectivity index (χ3v) is 1.13. The van der Waals surface area contributed by atoms with Crippen molar-refractivity contribution in [2.45, 2.75) is 0 Å². The van der Waals surface area contributed by atoms with Crippen molar-refractivity contribution in [1.82, 2.24) is 9.97 Å². The number of thiocarbonyl (C=S) groups is 1. The minimum absolute atomic E-state index is 0.177. The lowest BCUT2D eigenvalue weighted by Crippen LogP contribution is -2.15. The summed E-state index contributed by atoms with van der Waals surface area (Å²) in [7, 11) is 0. The van der Waals surface area contributed by atoms with Crippen LogP contribution >= 0.6 is 12.2 Å². The van der Waals surface area contributed by atoms with Crippen molar-refractivity contribution in [2.75, 3.05) is 0 Å². The van der Waals surface area contributed by atoms with Gasteiger partial charge < -0.3 is 10.7 Å². The standard InChI is InChI=1S/C5H5N3OS/c6-5(10)3-1-8-4(9)2-7-3/h1-2H,(H2,6,10)(H,8,9). The maximum absolute atomic E-state index is 10.4. The highest BCUT2D eigenvalue weighted by molar-refractivity contribution is 7.80. The van der Waals surface area contributed by atoms with E-state index in [0.717, 1.165) is 6.20 Å². The zero-order valence-electron chi connectivity index (χ0n) is 5.00. The van der Waals surface area contributed by atoms with E-state index in [2.05, 4.69) is 22.2 Å². The van der Waals surface area contributed by atoms with Gasteiger partial charge in [-0.3, -0.25) is 4.79 Å². The van der Waals surface area contributed by atoms with E-state index in [-0.39, 0.29) is 10.5 Å². The maximum atomic E-state index is 10.4. The Labute approximate surface area is 62.1 Å². The lowest BCUT2D eigenvalue weighted by molar-refractivity contribution is 1.12. The molecule has 0 bridgehead atoms. The van der Waals surface area contributed by atoms with E-state index in [1.165, 1.54) is 6.20 Å². The molecular weight excluding hydrogens is 150 g/mol. The van der Waals surface area contributed by atoms with E-state index < -0.39 is 0 Å². The average molecular weight is 155 g/mol. The fourth-order valence-electron chi connectivity index (χ4n) is 0.477. The van der Waals surface area contributed by atoms with Crippen molar-refractivity contribution in [3.8, 4) is 0 Å². The molecule has 0 spiro atoms. The molecule has 1 aromatic heterocycles. The molecule has 0 amide bonds. The van der Waals surface area contributed by atoms with E-state index in [0.29, 0.717) is 5.69 Å². The summed E-state index contributed by atoms with van der Waals surface area (Å²) in [6, 6.07) is 0. The van der Waals surface area contributed by atoms with Crippen LogP contribution in [0.2, 0.25) is 0 Å². The number of nitrogens with one attached hydrogen (secondary N) is 1. The fraction of sp³-hybridized carbons (Fsp3) is 0. The molecule has 1 aromatic rings. The van der Waals surface area contributed by atoms with Crippen molar-refractivity contribution in [3.05, 3.63) is 28.4 Å². The molecule has 0 aliphatic carbocycles. The number of nitrogens with two attached hydrogens (primary N) is 1. The molecule has 5 heteroatoms. The van der Waals surface area contributed by atoms with Crippen LogP contribution in [0, 0.1) is 0 Å². The van der Waals surface area contributed by atoms with Crippen LogP contribution in [0.4, 0.5) is 0 Å². The van der Waals surface area contributed by atoms with E-state index >= 15 is 0 Å². The molecule has 1 heterocycles. The van der Waals surface area contributed by atoms with Gasteiger partial charge in [-0.15, -0.1) is 0 Å². The number of aromatic nitrogens is 2. The smallest absolute Gasteiger partial charge is 0.266 e. The predicted molar refractivity (Wildman–Crippen MR) is 40.7 cm³/mol. The highest BCUT2D eigenvalue weighted by Crippen LogP contribution is 1.84. The van der Waals surface area contributed by atoms with Crippen molar-refractivity contribution in [2.24, 2.45) is 5.73 Å². The Balaban J connectivity index is 3.12. The molecule has 0 atom stereocenters. The van der Waals surface area contributed by atoms with Crippen LogP contribution in [0.15, 0.2) is 17.2 Å². The van der Waals surface area contributed by atoms with Gasteiger partial charge in [0.25, 0.3) is 5.56 Å². The molecule has 1 rings (SSSR count). The summed E-state index contributed by atoms with van der Waals surface area (Å²) < 4.78 is 0.